The van der Waals surface area contributed by atoms with Crippen LogP contribution in [0.4, 0.5) is 0 Å². The second-order valence-corrected chi connectivity index (χ2v) is 5.40. The maximum atomic E-state index is 12.1. The van der Waals surface area contributed by atoms with Crippen molar-refractivity contribution in [1.82, 2.24) is 14.7 Å². The molecule has 2 aromatic rings. The normalized spacial score (nSPS) is 11.0. The number of carbonyl (C=O) groups is 1. The van der Waals surface area contributed by atoms with E-state index in [2.05, 4.69) is 37.1 Å². The Morgan fingerprint density at radius 1 is 1.38 bits per heavy atom. The van der Waals surface area contributed by atoms with Crippen LogP contribution < -0.4 is 0 Å². The van der Waals surface area contributed by atoms with Gasteiger partial charge in [-0.2, -0.15) is 5.10 Å². The van der Waals surface area contributed by atoms with Crippen molar-refractivity contribution in [3.8, 4) is 0 Å². The molecule has 0 spiro atoms. The number of nitrogens with zero attached hydrogens (tertiary/aromatic N) is 3. The molecule has 0 atom stereocenters. The van der Waals surface area contributed by atoms with Crippen LogP contribution in [0.1, 0.15) is 22.3 Å². The van der Waals surface area contributed by atoms with Gasteiger partial charge < -0.3 is 4.90 Å². The number of aromatic nitrogens is 2. The molecule has 0 radical (unpaired) electrons. The van der Waals surface area contributed by atoms with Gasteiger partial charge in [0.1, 0.15) is 0 Å². The van der Waals surface area contributed by atoms with Gasteiger partial charge in [-0.3, -0.25) is 9.48 Å². The molecule has 0 bridgehead atoms. The maximum Gasteiger partial charge on any atom is 0.246 e. The highest BCUT2D eigenvalue weighted by molar-refractivity contribution is 5.91. The molecule has 21 heavy (non-hydrogen) atoms. The van der Waals surface area contributed by atoms with Crippen molar-refractivity contribution < 1.29 is 4.79 Å². The molecule has 1 amide bonds. The van der Waals surface area contributed by atoms with E-state index in [0.717, 1.165) is 5.56 Å². The molecular weight excluding hydrogens is 262 g/mol. The highest BCUT2D eigenvalue weighted by Crippen LogP contribution is 2.13. The van der Waals surface area contributed by atoms with Crippen molar-refractivity contribution in [2.45, 2.75) is 20.4 Å². The number of aryl methyl sites for hydroxylation is 3. The van der Waals surface area contributed by atoms with E-state index >= 15 is 0 Å². The van der Waals surface area contributed by atoms with Gasteiger partial charge in [-0.1, -0.05) is 23.8 Å². The predicted molar refractivity (Wildman–Crippen MR) is 84.6 cm³/mol. The van der Waals surface area contributed by atoms with Crippen molar-refractivity contribution in [2.24, 2.45) is 7.05 Å². The van der Waals surface area contributed by atoms with Gasteiger partial charge in [-0.05, 0) is 31.1 Å². The fourth-order valence-corrected chi connectivity index (χ4v) is 2.18. The van der Waals surface area contributed by atoms with Gasteiger partial charge in [-0.15, -0.1) is 0 Å². The van der Waals surface area contributed by atoms with Gasteiger partial charge in [0.2, 0.25) is 5.91 Å². The third-order valence-corrected chi connectivity index (χ3v) is 3.43. The monoisotopic (exact) mass is 283 g/mol. The number of amides is 1. The number of likely N-dealkylation sites (N-methyl/N-ethyl adjacent to an activating group) is 1. The molecule has 1 aromatic carbocycles. The molecule has 0 aliphatic heterocycles. The molecule has 1 aromatic heterocycles. The van der Waals surface area contributed by atoms with Crippen LogP contribution in [-0.4, -0.2) is 27.6 Å². The van der Waals surface area contributed by atoms with Gasteiger partial charge in [0.25, 0.3) is 0 Å². The van der Waals surface area contributed by atoms with E-state index in [1.807, 2.05) is 20.3 Å². The lowest BCUT2D eigenvalue weighted by Gasteiger charge is -2.17. The maximum absolute atomic E-state index is 12.1. The van der Waals surface area contributed by atoms with E-state index < -0.39 is 0 Å². The molecular formula is C17H21N3O. The van der Waals surface area contributed by atoms with Gasteiger partial charge >= 0.3 is 0 Å². The molecule has 0 saturated heterocycles. The van der Waals surface area contributed by atoms with E-state index in [-0.39, 0.29) is 5.91 Å². The zero-order valence-corrected chi connectivity index (χ0v) is 13.0. The summed E-state index contributed by atoms with van der Waals surface area (Å²) in [6.45, 7) is 4.76. The first-order valence-electron chi connectivity index (χ1n) is 6.93. The Hall–Kier alpha value is -2.36. The lowest BCUT2D eigenvalue weighted by Crippen LogP contribution is -2.24. The molecule has 0 saturated carbocycles. The lowest BCUT2D eigenvalue weighted by atomic mass is 10.1. The van der Waals surface area contributed by atoms with Gasteiger partial charge in [0.15, 0.2) is 0 Å². The first-order chi connectivity index (χ1) is 9.95. The molecule has 4 heteroatoms. The molecule has 0 aliphatic rings. The summed E-state index contributed by atoms with van der Waals surface area (Å²) in [6, 6.07) is 6.30. The fraction of sp³-hybridized carbons (Fsp3) is 0.294. The molecule has 4 nitrogen and oxygen atoms in total. The second kappa shape index (κ2) is 6.39. The second-order valence-electron chi connectivity index (χ2n) is 5.40. The lowest BCUT2D eigenvalue weighted by molar-refractivity contribution is -0.125. The quantitative estimate of drug-likeness (QED) is 0.809. The number of benzene rings is 1. The topological polar surface area (TPSA) is 38.1 Å². The molecule has 0 N–H and O–H groups in total. The zero-order chi connectivity index (χ0) is 15.4. The van der Waals surface area contributed by atoms with Crippen LogP contribution in [0, 0.1) is 13.8 Å². The molecule has 0 fully saturated rings. The Labute approximate surface area is 125 Å². The van der Waals surface area contributed by atoms with Crippen molar-refractivity contribution >= 4 is 12.0 Å². The number of carbonyl (C=O) groups excluding carboxylic acids is 1. The Morgan fingerprint density at radius 3 is 2.76 bits per heavy atom. The summed E-state index contributed by atoms with van der Waals surface area (Å²) < 4.78 is 1.71. The number of hydrogen-bond acceptors (Lipinski definition) is 2. The Kier molecular flexibility index (Phi) is 4.58. The minimum absolute atomic E-state index is 0.0150. The van der Waals surface area contributed by atoms with Crippen molar-refractivity contribution in [3.05, 3.63) is 58.9 Å². The van der Waals surface area contributed by atoms with Crippen LogP contribution in [0.2, 0.25) is 0 Å². The van der Waals surface area contributed by atoms with Crippen LogP contribution in [0.3, 0.4) is 0 Å². The summed E-state index contributed by atoms with van der Waals surface area (Å²) in [4.78, 5) is 13.8. The van der Waals surface area contributed by atoms with Crippen LogP contribution in [0.15, 0.2) is 36.7 Å². The Balaban J connectivity index is 2.00. The molecule has 2 rings (SSSR count). The van der Waals surface area contributed by atoms with Crippen molar-refractivity contribution in [3.63, 3.8) is 0 Å². The number of rotatable bonds is 4. The Morgan fingerprint density at radius 2 is 2.14 bits per heavy atom. The summed E-state index contributed by atoms with van der Waals surface area (Å²) in [6.07, 6.45) is 6.97. The molecule has 0 unspecified atom stereocenters. The average molecular weight is 283 g/mol. The summed E-state index contributed by atoms with van der Waals surface area (Å²) >= 11 is 0. The highest BCUT2D eigenvalue weighted by atomic mass is 16.2. The zero-order valence-electron chi connectivity index (χ0n) is 13.0. The smallest absolute Gasteiger partial charge is 0.246 e. The van der Waals surface area contributed by atoms with E-state index in [9.17, 15) is 4.79 Å². The highest BCUT2D eigenvalue weighted by Gasteiger charge is 2.07. The minimum atomic E-state index is -0.0150. The third-order valence-electron chi connectivity index (χ3n) is 3.43. The van der Waals surface area contributed by atoms with Crippen LogP contribution in [-0.2, 0) is 18.4 Å². The van der Waals surface area contributed by atoms with Crippen molar-refractivity contribution in [1.29, 1.82) is 0 Å². The average Bonchev–Trinajstić information content (AvgIpc) is 2.85. The SMILES string of the molecule is Cc1ccc(CN(C)C(=O)C=Cc2cnn(C)c2)c(C)c1. The summed E-state index contributed by atoms with van der Waals surface area (Å²) in [7, 11) is 3.67. The van der Waals surface area contributed by atoms with E-state index in [1.54, 1.807) is 27.9 Å². The molecule has 1 heterocycles. The molecule has 110 valence electrons. The van der Waals surface area contributed by atoms with Gasteiger partial charge in [0, 0.05) is 38.5 Å². The Bertz CT molecular complexity index is 670. The summed E-state index contributed by atoms with van der Waals surface area (Å²) in [5, 5.41) is 4.07. The predicted octanol–water partition coefficient (Wildman–Crippen LogP) is 2.71. The summed E-state index contributed by atoms with van der Waals surface area (Å²) in [5.74, 6) is -0.0150. The number of hydrogen-bond donors (Lipinski definition) is 0. The van der Waals surface area contributed by atoms with Crippen LogP contribution in [0.5, 0.6) is 0 Å². The largest absolute Gasteiger partial charge is 0.338 e. The summed E-state index contributed by atoms with van der Waals surface area (Å²) in [5.41, 5.74) is 4.55. The minimum Gasteiger partial charge on any atom is -0.338 e. The molecule has 0 aliphatic carbocycles. The van der Waals surface area contributed by atoms with E-state index in [1.165, 1.54) is 16.7 Å². The van der Waals surface area contributed by atoms with Gasteiger partial charge in [0.05, 0.1) is 6.20 Å². The van der Waals surface area contributed by atoms with Crippen molar-refractivity contribution in [2.75, 3.05) is 7.05 Å². The first-order valence-corrected chi connectivity index (χ1v) is 6.93. The van der Waals surface area contributed by atoms with E-state index in [4.69, 9.17) is 0 Å². The standard InChI is InChI=1S/C17H21N3O/c1-13-5-7-16(14(2)9-13)12-19(3)17(21)8-6-15-10-18-20(4)11-15/h5-11H,12H2,1-4H3. The first kappa shape index (κ1) is 15.0. The van der Waals surface area contributed by atoms with Crippen LogP contribution in [0.25, 0.3) is 6.08 Å². The van der Waals surface area contributed by atoms with Gasteiger partial charge in [-0.25, -0.2) is 0 Å². The third kappa shape index (κ3) is 4.05. The van der Waals surface area contributed by atoms with Crippen LogP contribution >= 0.6 is 0 Å². The fourth-order valence-electron chi connectivity index (χ4n) is 2.18. The van der Waals surface area contributed by atoms with E-state index in [0.29, 0.717) is 6.54 Å².